The Hall–Kier alpha value is -1.55. The second-order valence-electron chi connectivity index (χ2n) is 4.32. The maximum atomic E-state index is 11.9. The van der Waals surface area contributed by atoms with Gasteiger partial charge in [0.2, 0.25) is 0 Å². The number of amides is 1. The van der Waals surface area contributed by atoms with Crippen LogP contribution in [0.3, 0.4) is 0 Å². The second-order valence-corrected chi connectivity index (χ2v) is 4.32. The van der Waals surface area contributed by atoms with Crippen molar-refractivity contribution < 1.29 is 9.53 Å². The number of anilines is 1. The molecule has 0 aliphatic heterocycles. The molecule has 0 radical (unpaired) electrons. The molecule has 4 nitrogen and oxygen atoms in total. The van der Waals surface area contributed by atoms with E-state index >= 15 is 0 Å². The number of carbonyl (C=O) groups is 1. The zero-order chi connectivity index (χ0) is 13.4. The van der Waals surface area contributed by atoms with E-state index in [0.29, 0.717) is 18.7 Å². The van der Waals surface area contributed by atoms with Gasteiger partial charge in [0.1, 0.15) is 0 Å². The Morgan fingerprint density at radius 1 is 1.33 bits per heavy atom. The molecular weight excluding hydrogens is 228 g/mol. The van der Waals surface area contributed by atoms with Gasteiger partial charge >= 0.3 is 0 Å². The van der Waals surface area contributed by atoms with Gasteiger partial charge in [-0.05, 0) is 32.4 Å². The molecule has 100 valence electrons. The van der Waals surface area contributed by atoms with E-state index in [9.17, 15) is 4.79 Å². The fraction of sp³-hybridized carbons (Fsp3) is 0.500. The lowest BCUT2D eigenvalue weighted by Gasteiger charge is -2.10. The van der Waals surface area contributed by atoms with E-state index in [1.807, 2.05) is 45.2 Å². The number of carbonyl (C=O) groups excluding carboxylic acids is 1. The lowest BCUT2D eigenvalue weighted by atomic mass is 10.1. The van der Waals surface area contributed by atoms with Gasteiger partial charge < -0.3 is 15.4 Å². The van der Waals surface area contributed by atoms with Gasteiger partial charge in [-0.3, -0.25) is 4.79 Å². The number of hydrogen-bond acceptors (Lipinski definition) is 3. The average Bonchev–Trinajstić information content (AvgIpc) is 2.37. The van der Waals surface area contributed by atoms with Crippen LogP contribution < -0.4 is 10.6 Å². The standard InChI is InChI=1S/C14H22N2O2/c1-11(2)18-10-6-9-16-14(17)12-7-4-5-8-13(12)15-3/h4-5,7-8,11,15H,6,9-10H2,1-3H3,(H,16,17). The van der Waals surface area contributed by atoms with Crippen molar-refractivity contribution in [2.45, 2.75) is 26.4 Å². The molecule has 0 fully saturated rings. The molecule has 0 unspecified atom stereocenters. The van der Waals surface area contributed by atoms with Crippen LogP contribution in [0.5, 0.6) is 0 Å². The summed E-state index contributed by atoms with van der Waals surface area (Å²) in [5.41, 5.74) is 1.51. The fourth-order valence-electron chi connectivity index (χ4n) is 1.59. The molecule has 0 heterocycles. The van der Waals surface area contributed by atoms with E-state index in [2.05, 4.69) is 10.6 Å². The molecule has 0 aliphatic carbocycles. The van der Waals surface area contributed by atoms with Crippen LogP contribution in [0, 0.1) is 0 Å². The van der Waals surface area contributed by atoms with E-state index in [4.69, 9.17) is 4.74 Å². The summed E-state index contributed by atoms with van der Waals surface area (Å²) in [5.74, 6) is -0.0514. The third kappa shape index (κ3) is 4.75. The van der Waals surface area contributed by atoms with Gasteiger partial charge in [0.15, 0.2) is 0 Å². The van der Waals surface area contributed by atoms with Crippen molar-refractivity contribution in [1.82, 2.24) is 5.32 Å². The maximum Gasteiger partial charge on any atom is 0.253 e. The minimum atomic E-state index is -0.0514. The highest BCUT2D eigenvalue weighted by Gasteiger charge is 2.08. The van der Waals surface area contributed by atoms with Crippen LogP contribution >= 0.6 is 0 Å². The Bertz CT molecular complexity index is 378. The number of rotatable bonds is 7. The van der Waals surface area contributed by atoms with Crippen molar-refractivity contribution in [3.05, 3.63) is 29.8 Å². The Kier molecular flexibility index (Phi) is 6.22. The van der Waals surface area contributed by atoms with Gasteiger partial charge in [-0.2, -0.15) is 0 Å². The van der Waals surface area contributed by atoms with Crippen LogP contribution in [0.15, 0.2) is 24.3 Å². The van der Waals surface area contributed by atoms with Gasteiger partial charge in [-0.1, -0.05) is 12.1 Å². The highest BCUT2D eigenvalue weighted by atomic mass is 16.5. The second kappa shape index (κ2) is 7.71. The van der Waals surface area contributed by atoms with Gasteiger partial charge in [0, 0.05) is 25.9 Å². The molecule has 0 atom stereocenters. The Balaban J connectivity index is 2.36. The lowest BCUT2D eigenvalue weighted by Crippen LogP contribution is -2.26. The van der Waals surface area contributed by atoms with Crippen molar-refractivity contribution in [3.8, 4) is 0 Å². The largest absolute Gasteiger partial charge is 0.387 e. The first-order valence-electron chi connectivity index (χ1n) is 6.31. The van der Waals surface area contributed by atoms with Gasteiger partial charge in [-0.15, -0.1) is 0 Å². The van der Waals surface area contributed by atoms with Crippen molar-refractivity contribution >= 4 is 11.6 Å². The lowest BCUT2D eigenvalue weighted by molar-refractivity contribution is 0.0757. The zero-order valence-corrected chi connectivity index (χ0v) is 11.3. The normalized spacial score (nSPS) is 10.4. The maximum absolute atomic E-state index is 11.9. The van der Waals surface area contributed by atoms with E-state index < -0.39 is 0 Å². The SMILES string of the molecule is CNc1ccccc1C(=O)NCCCOC(C)C. The monoisotopic (exact) mass is 250 g/mol. The van der Waals surface area contributed by atoms with Gasteiger partial charge in [0.05, 0.1) is 11.7 Å². The molecule has 1 amide bonds. The summed E-state index contributed by atoms with van der Waals surface area (Å²) in [4.78, 5) is 11.9. The zero-order valence-electron chi connectivity index (χ0n) is 11.3. The summed E-state index contributed by atoms with van der Waals surface area (Å²) in [6.45, 7) is 5.30. The molecule has 1 aromatic carbocycles. The number of benzene rings is 1. The summed E-state index contributed by atoms with van der Waals surface area (Å²) in [6.07, 6.45) is 1.07. The number of para-hydroxylation sites is 1. The van der Waals surface area contributed by atoms with Crippen LogP contribution in [0.1, 0.15) is 30.6 Å². The molecular formula is C14H22N2O2. The molecule has 0 saturated heterocycles. The molecule has 0 bridgehead atoms. The Morgan fingerprint density at radius 3 is 2.72 bits per heavy atom. The predicted molar refractivity (Wildman–Crippen MR) is 74.0 cm³/mol. The first kappa shape index (κ1) is 14.5. The molecule has 18 heavy (non-hydrogen) atoms. The van der Waals surface area contributed by atoms with Crippen molar-refractivity contribution in [2.24, 2.45) is 0 Å². The van der Waals surface area contributed by atoms with E-state index in [0.717, 1.165) is 12.1 Å². The highest BCUT2D eigenvalue weighted by molar-refractivity contribution is 5.99. The minimum absolute atomic E-state index is 0.0514. The summed E-state index contributed by atoms with van der Waals surface area (Å²) in [5, 5.41) is 5.90. The van der Waals surface area contributed by atoms with Gasteiger partial charge in [-0.25, -0.2) is 0 Å². The molecule has 0 spiro atoms. The van der Waals surface area contributed by atoms with E-state index in [1.54, 1.807) is 0 Å². The minimum Gasteiger partial charge on any atom is -0.387 e. The first-order chi connectivity index (χ1) is 8.65. The van der Waals surface area contributed by atoms with E-state index in [1.165, 1.54) is 0 Å². The topological polar surface area (TPSA) is 50.4 Å². The summed E-state index contributed by atoms with van der Waals surface area (Å²) < 4.78 is 5.41. The van der Waals surface area contributed by atoms with Crippen LogP contribution in [-0.4, -0.2) is 32.2 Å². The third-order valence-electron chi connectivity index (χ3n) is 2.50. The molecule has 0 saturated carbocycles. The first-order valence-corrected chi connectivity index (χ1v) is 6.31. The number of ether oxygens (including phenoxy) is 1. The predicted octanol–water partition coefficient (Wildman–Crippen LogP) is 2.27. The van der Waals surface area contributed by atoms with Crippen molar-refractivity contribution in [1.29, 1.82) is 0 Å². The van der Waals surface area contributed by atoms with Crippen LogP contribution in [0.4, 0.5) is 5.69 Å². The Labute approximate surface area is 109 Å². The summed E-state index contributed by atoms with van der Waals surface area (Å²) in [6, 6.07) is 7.46. The van der Waals surface area contributed by atoms with Crippen molar-refractivity contribution in [3.63, 3.8) is 0 Å². The Morgan fingerprint density at radius 2 is 2.06 bits per heavy atom. The number of nitrogens with one attached hydrogen (secondary N) is 2. The van der Waals surface area contributed by atoms with E-state index in [-0.39, 0.29) is 12.0 Å². The molecule has 0 aliphatic rings. The summed E-state index contributed by atoms with van der Waals surface area (Å²) in [7, 11) is 1.81. The molecule has 4 heteroatoms. The molecule has 1 aromatic rings. The quantitative estimate of drug-likeness (QED) is 0.730. The number of hydrogen-bond donors (Lipinski definition) is 2. The fourth-order valence-corrected chi connectivity index (χ4v) is 1.59. The molecule has 0 aromatic heterocycles. The third-order valence-corrected chi connectivity index (χ3v) is 2.50. The molecule has 2 N–H and O–H groups in total. The van der Waals surface area contributed by atoms with Crippen LogP contribution in [0.25, 0.3) is 0 Å². The molecule has 1 rings (SSSR count). The van der Waals surface area contributed by atoms with Gasteiger partial charge in [0.25, 0.3) is 5.91 Å². The smallest absolute Gasteiger partial charge is 0.253 e. The summed E-state index contributed by atoms with van der Waals surface area (Å²) >= 11 is 0. The van der Waals surface area contributed by atoms with Crippen molar-refractivity contribution in [2.75, 3.05) is 25.5 Å². The average molecular weight is 250 g/mol. The van der Waals surface area contributed by atoms with Crippen LogP contribution in [-0.2, 0) is 4.74 Å². The highest BCUT2D eigenvalue weighted by Crippen LogP contribution is 2.13. The van der Waals surface area contributed by atoms with Crippen LogP contribution in [0.2, 0.25) is 0 Å².